The van der Waals surface area contributed by atoms with E-state index in [0.29, 0.717) is 5.56 Å². The fraction of sp³-hybridized carbons (Fsp3) is 0.238. The number of nitriles is 1. The Bertz CT molecular complexity index is 1050. The fourth-order valence-corrected chi connectivity index (χ4v) is 3.79. The first-order chi connectivity index (χ1) is 12.6. The summed E-state index contributed by atoms with van der Waals surface area (Å²) in [5.74, 6) is -0.337. The maximum absolute atomic E-state index is 13.5. The Hall–Kier alpha value is -3.13. The molecule has 3 aromatic rings. The van der Waals surface area contributed by atoms with E-state index in [1.54, 1.807) is 17.2 Å². The smallest absolute Gasteiger partial charge is 0.247 e. The number of para-hydroxylation sites is 1. The summed E-state index contributed by atoms with van der Waals surface area (Å²) in [5, 5.41) is 10.2. The minimum atomic E-state index is -0.277. The number of anilines is 1. The first kappa shape index (κ1) is 16.3. The number of hydrogen-bond acceptors (Lipinski definition) is 2. The first-order valence-electron chi connectivity index (χ1n) is 8.67. The summed E-state index contributed by atoms with van der Waals surface area (Å²) in [6.07, 6.45) is 3.30. The molecule has 130 valence electrons. The highest BCUT2D eigenvalue weighted by atomic mass is 19.1. The Labute approximate surface area is 151 Å². The monoisotopic (exact) mass is 347 g/mol. The second-order valence-corrected chi connectivity index (χ2v) is 6.72. The van der Waals surface area contributed by atoms with E-state index in [1.165, 1.54) is 12.1 Å². The molecular weight excluding hydrogens is 329 g/mol. The largest absolute Gasteiger partial charge is 0.337 e. The summed E-state index contributed by atoms with van der Waals surface area (Å²) >= 11 is 0. The summed E-state index contributed by atoms with van der Waals surface area (Å²) in [6.45, 7) is 2.15. The molecule has 0 saturated carbocycles. The molecule has 0 aliphatic carbocycles. The van der Waals surface area contributed by atoms with E-state index >= 15 is 0 Å². The molecule has 2 heterocycles. The lowest BCUT2D eigenvalue weighted by Gasteiger charge is -2.35. The lowest BCUT2D eigenvalue weighted by molar-refractivity contribution is -0.119. The maximum Gasteiger partial charge on any atom is 0.247 e. The van der Waals surface area contributed by atoms with Gasteiger partial charge in [-0.15, -0.1) is 0 Å². The zero-order valence-corrected chi connectivity index (χ0v) is 14.4. The molecule has 1 atom stereocenters. The van der Waals surface area contributed by atoms with Crippen molar-refractivity contribution in [1.29, 1.82) is 5.26 Å². The number of aromatic nitrogens is 1. The van der Waals surface area contributed by atoms with Gasteiger partial charge >= 0.3 is 0 Å². The van der Waals surface area contributed by atoms with Crippen molar-refractivity contribution in [2.75, 3.05) is 4.90 Å². The molecule has 0 N–H and O–H groups in total. The van der Waals surface area contributed by atoms with Crippen LogP contribution in [0.25, 0.3) is 10.9 Å². The summed E-state index contributed by atoms with van der Waals surface area (Å²) < 4.78 is 15.4. The van der Waals surface area contributed by atoms with Crippen molar-refractivity contribution < 1.29 is 9.18 Å². The van der Waals surface area contributed by atoms with Crippen molar-refractivity contribution in [3.63, 3.8) is 0 Å². The average molecular weight is 347 g/mol. The standard InChI is InChI=1S/C21H18FN3O/c1-14-6-7-15-10-17(22)8-9-19(15)25(14)21(26)13-24-12-16(11-23)18-4-2-3-5-20(18)24/h2-5,8-10,12,14H,6-7,13H2,1H3. The van der Waals surface area contributed by atoms with Gasteiger partial charge in [-0.1, -0.05) is 18.2 Å². The molecule has 0 fully saturated rings. The molecule has 0 spiro atoms. The molecule has 1 aromatic heterocycles. The summed E-state index contributed by atoms with van der Waals surface area (Å²) in [6, 6.07) is 14.4. The molecule has 4 rings (SSSR count). The van der Waals surface area contributed by atoms with Crippen LogP contribution >= 0.6 is 0 Å². The SMILES string of the molecule is CC1CCc2cc(F)ccc2N1C(=O)Cn1cc(C#N)c2ccccc21. The third-order valence-corrected chi connectivity index (χ3v) is 5.06. The molecule has 4 nitrogen and oxygen atoms in total. The normalized spacial score (nSPS) is 16.3. The predicted octanol–water partition coefficient (Wildman–Crippen LogP) is 4.02. The van der Waals surface area contributed by atoms with Crippen LogP contribution in [-0.4, -0.2) is 16.5 Å². The minimum Gasteiger partial charge on any atom is -0.337 e. The number of amides is 1. The van der Waals surface area contributed by atoms with Gasteiger partial charge < -0.3 is 9.47 Å². The van der Waals surface area contributed by atoms with E-state index in [4.69, 9.17) is 0 Å². The average Bonchev–Trinajstić information content (AvgIpc) is 2.99. The number of nitrogens with zero attached hydrogens (tertiary/aromatic N) is 3. The first-order valence-corrected chi connectivity index (χ1v) is 8.67. The summed E-state index contributed by atoms with van der Waals surface area (Å²) in [7, 11) is 0. The fourth-order valence-electron chi connectivity index (χ4n) is 3.79. The lowest BCUT2D eigenvalue weighted by atomic mass is 9.96. The summed E-state index contributed by atoms with van der Waals surface area (Å²) in [4.78, 5) is 14.9. The van der Waals surface area contributed by atoms with Crippen molar-refractivity contribution in [3.8, 4) is 6.07 Å². The van der Waals surface area contributed by atoms with Crippen LogP contribution in [0.15, 0.2) is 48.7 Å². The van der Waals surface area contributed by atoms with Crippen molar-refractivity contribution in [2.45, 2.75) is 32.4 Å². The predicted molar refractivity (Wildman–Crippen MR) is 98.3 cm³/mol. The van der Waals surface area contributed by atoms with Crippen LogP contribution in [0.2, 0.25) is 0 Å². The molecule has 0 saturated heterocycles. The number of benzene rings is 2. The van der Waals surface area contributed by atoms with E-state index in [2.05, 4.69) is 6.07 Å². The van der Waals surface area contributed by atoms with E-state index in [-0.39, 0.29) is 24.3 Å². The maximum atomic E-state index is 13.5. The number of fused-ring (bicyclic) bond motifs is 2. The Balaban J connectivity index is 1.71. The van der Waals surface area contributed by atoms with Crippen LogP contribution in [0, 0.1) is 17.1 Å². The van der Waals surface area contributed by atoms with Crippen LogP contribution in [0.4, 0.5) is 10.1 Å². The van der Waals surface area contributed by atoms with Gasteiger partial charge in [0.25, 0.3) is 0 Å². The highest BCUT2D eigenvalue weighted by Crippen LogP contribution is 2.32. The molecule has 0 radical (unpaired) electrons. The van der Waals surface area contributed by atoms with E-state index in [1.807, 2.05) is 35.8 Å². The van der Waals surface area contributed by atoms with Gasteiger partial charge in [-0.2, -0.15) is 5.26 Å². The number of hydrogen-bond donors (Lipinski definition) is 0. The molecule has 26 heavy (non-hydrogen) atoms. The molecular formula is C21H18FN3O. The van der Waals surface area contributed by atoms with Gasteiger partial charge in [-0.3, -0.25) is 4.79 Å². The lowest BCUT2D eigenvalue weighted by Crippen LogP contribution is -2.43. The Morgan fingerprint density at radius 3 is 2.92 bits per heavy atom. The van der Waals surface area contributed by atoms with E-state index in [0.717, 1.165) is 35.0 Å². The van der Waals surface area contributed by atoms with Crippen LogP contribution in [-0.2, 0) is 17.8 Å². The zero-order chi connectivity index (χ0) is 18.3. The van der Waals surface area contributed by atoms with Gasteiger partial charge in [0.15, 0.2) is 0 Å². The van der Waals surface area contributed by atoms with Crippen molar-refractivity contribution in [1.82, 2.24) is 4.57 Å². The van der Waals surface area contributed by atoms with Crippen LogP contribution < -0.4 is 4.90 Å². The third-order valence-electron chi connectivity index (χ3n) is 5.06. The molecule has 5 heteroatoms. The molecule has 0 bridgehead atoms. The summed E-state index contributed by atoms with van der Waals surface area (Å²) in [5.41, 5.74) is 3.07. The van der Waals surface area contributed by atoms with Gasteiger partial charge in [0.2, 0.25) is 5.91 Å². The van der Waals surface area contributed by atoms with Crippen molar-refractivity contribution in [2.24, 2.45) is 0 Å². The van der Waals surface area contributed by atoms with Gasteiger partial charge in [-0.05, 0) is 49.6 Å². The Morgan fingerprint density at radius 1 is 1.31 bits per heavy atom. The zero-order valence-electron chi connectivity index (χ0n) is 14.4. The van der Waals surface area contributed by atoms with Crippen LogP contribution in [0.3, 0.4) is 0 Å². The third kappa shape index (κ3) is 2.64. The molecule has 1 amide bonds. The van der Waals surface area contributed by atoms with Gasteiger partial charge in [0.05, 0.1) is 5.56 Å². The van der Waals surface area contributed by atoms with Gasteiger partial charge in [0.1, 0.15) is 18.4 Å². The van der Waals surface area contributed by atoms with E-state index in [9.17, 15) is 14.4 Å². The van der Waals surface area contributed by atoms with Crippen molar-refractivity contribution in [3.05, 3.63) is 65.6 Å². The van der Waals surface area contributed by atoms with Crippen LogP contribution in [0.5, 0.6) is 0 Å². The molecule has 2 aromatic carbocycles. The topological polar surface area (TPSA) is 49.0 Å². The number of rotatable bonds is 2. The number of halogens is 1. The van der Waals surface area contributed by atoms with E-state index < -0.39 is 0 Å². The Kier molecular flexibility index (Phi) is 3.96. The second-order valence-electron chi connectivity index (χ2n) is 6.72. The minimum absolute atomic E-state index is 0.0534. The molecule has 1 aliphatic rings. The van der Waals surface area contributed by atoms with Crippen molar-refractivity contribution >= 4 is 22.5 Å². The Morgan fingerprint density at radius 2 is 2.12 bits per heavy atom. The number of carbonyl (C=O) groups excluding carboxylic acids is 1. The number of aryl methyl sites for hydroxylation is 1. The second kappa shape index (κ2) is 6.30. The number of carbonyl (C=O) groups is 1. The van der Waals surface area contributed by atoms with Gasteiger partial charge in [-0.25, -0.2) is 4.39 Å². The highest BCUT2D eigenvalue weighted by molar-refractivity contribution is 5.96. The van der Waals surface area contributed by atoms with Crippen LogP contribution in [0.1, 0.15) is 24.5 Å². The quantitative estimate of drug-likeness (QED) is 0.703. The molecule has 1 aliphatic heterocycles. The highest BCUT2D eigenvalue weighted by Gasteiger charge is 2.28. The molecule has 1 unspecified atom stereocenters. The van der Waals surface area contributed by atoms with Gasteiger partial charge in [0, 0.05) is 28.8 Å².